The molecular formula is C31H46FNO3. The predicted octanol–water partition coefficient (Wildman–Crippen LogP) is 6.43. The lowest BCUT2D eigenvalue weighted by molar-refractivity contribution is -0.139. The largest absolute Gasteiger partial charge is 0.387 e. The number of ether oxygens (including phenoxy) is 1. The van der Waals surface area contributed by atoms with Gasteiger partial charge in [0, 0.05) is 12.5 Å². The topological polar surface area (TPSA) is 58.6 Å². The molecule has 0 bridgehead atoms. The Hall–Kier alpha value is -1.46. The summed E-state index contributed by atoms with van der Waals surface area (Å²) in [4.78, 5) is 13.6. The molecule has 0 unspecified atom stereocenters. The van der Waals surface area contributed by atoms with E-state index in [0.29, 0.717) is 25.0 Å². The van der Waals surface area contributed by atoms with Crippen LogP contribution in [-0.2, 0) is 9.53 Å². The van der Waals surface area contributed by atoms with Crippen molar-refractivity contribution in [2.75, 3.05) is 13.2 Å². The summed E-state index contributed by atoms with van der Waals surface area (Å²) in [7, 11) is 0. The van der Waals surface area contributed by atoms with Crippen molar-refractivity contribution in [1.29, 1.82) is 0 Å². The number of nitrogens with one attached hydrogen (secondary N) is 1. The van der Waals surface area contributed by atoms with Crippen LogP contribution < -0.4 is 5.32 Å². The molecule has 9 atom stereocenters. The molecular weight excluding hydrogens is 453 g/mol. The first-order chi connectivity index (χ1) is 17.3. The van der Waals surface area contributed by atoms with Gasteiger partial charge in [-0.3, -0.25) is 4.79 Å². The van der Waals surface area contributed by atoms with Crippen molar-refractivity contribution >= 4 is 5.91 Å². The van der Waals surface area contributed by atoms with E-state index in [0.717, 1.165) is 68.3 Å². The number of hydrogen-bond donors (Lipinski definition) is 2. The number of benzene rings is 1. The molecule has 0 heterocycles. The van der Waals surface area contributed by atoms with E-state index in [2.05, 4.69) is 19.2 Å². The molecule has 0 aliphatic heterocycles. The Kier molecular flexibility index (Phi) is 7.53. The highest BCUT2D eigenvalue weighted by Crippen LogP contribution is 2.64. The van der Waals surface area contributed by atoms with Crippen molar-refractivity contribution in [3.05, 3.63) is 35.6 Å². The Bertz CT molecular complexity index is 921. The van der Waals surface area contributed by atoms with Crippen molar-refractivity contribution in [2.24, 2.45) is 40.9 Å². The molecule has 4 aliphatic rings. The molecule has 0 radical (unpaired) electrons. The van der Waals surface area contributed by atoms with Gasteiger partial charge in [0.25, 0.3) is 0 Å². The zero-order valence-corrected chi connectivity index (χ0v) is 22.5. The molecule has 5 heteroatoms. The smallest absolute Gasteiger partial charge is 0.224 e. The van der Waals surface area contributed by atoms with Crippen LogP contribution in [0.5, 0.6) is 0 Å². The van der Waals surface area contributed by atoms with E-state index >= 15 is 0 Å². The van der Waals surface area contributed by atoms with Crippen molar-refractivity contribution in [1.82, 2.24) is 5.32 Å². The zero-order valence-electron chi connectivity index (χ0n) is 22.5. The van der Waals surface area contributed by atoms with E-state index in [1.54, 1.807) is 12.1 Å². The molecule has 1 aromatic rings. The molecule has 1 amide bonds. The monoisotopic (exact) mass is 499 g/mol. The fraction of sp³-hybridized carbons (Fsp3) is 0.774. The van der Waals surface area contributed by atoms with Crippen molar-refractivity contribution in [3.8, 4) is 0 Å². The number of fused-ring (bicyclic) bond motifs is 5. The maximum absolute atomic E-state index is 13.6. The highest BCUT2D eigenvalue weighted by molar-refractivity contribution is 5.80. The summed E-state index contributed by atoms with van der Waals surface area (Å²) in [5.41, 5.74) is 0.420. The molecule has 200 valence electrons. The molecule has 5 rings (SSSR count). The first-order valence-electron chi connectivity index (χ1n) is 14.6. The summed E-state index contributed by atoms with van der Waals surface area (Å²) >= 11 is 0. The van der Waals surface area contributed by atoms with E-state index in [1.165, 1.54) is 31.4 Å². The van der Waals surface area contributed by atoms with E-state index in [4.69, 9.17) is 4.74 Å². The molecule has 4 aliphatic carbocycles. The Morgan fingerprint density at radius 1 is 1.06 bits per heavy atom. The van der Waals surface area contributed by atoms with Crippen LogP contribution in [0.25, 0.3) is 0 Å². The summed E-state index contributed by atoms with van der Waals surface area (Å²) in [6, 6.07) is 6.50. The van der Waals surface area contributed by atoms with Crippen LogP contribution in [0, 0.1) is 46.7 Å². The third-order valence-corrected chi connectivity index (χ3v) is 11.0. The van der Waals surface area contributed by atoms with Crippen LogP contribution in [0.4, 0.5) is 4.39 Å². The summed E-state index contributed by atoms with van der Waals surface area (Å²) in [6.07, 6.45) is 10.7. The van der Waals surface area contributed by atoms with Gasteiger partial charge in [-0.25, -0.2) is 4.39 Å². The first kappa shape index (κ1) is 26.2. The average Bonchev–Trinajstić information content (AvgIpc) is 3.23. The number of carbonyl (C=O) groups excluding carboxylic acids is 1. The molecule has 0 saturated heterocycles. The second-order valence-corrected chi connectivity index (χ2v) is 12.7. The predicted molar refractivity (Wildman–Crippen MR) is 140 cm³/mol. The van der Waals surface area contributed by atoms with Gasteiger partial charge in [0.1, 0.15) is 5.82 Å². The lowest BCUT2D eigenvalue weighted by Gasteiger charge is -2.57. The molecule has 4 fully saturated rings. The van der Waals surface area contributed by atoms with E-state index in [9.17, 15) is 14.3 Å². The number of aliphatic hydroxyl groups is 1. The van der Waals surface area contributed by atoms with Gasteiger partial charge in [0.2, 0.25) is 5.91 Å². The van der Waals surface area contributed by atoms with Gasteiger partial charge in [0.15, 0.2) is 0 Å². The lowest BCUT2D eigenvalue weighted by atomic mass is 9.49. The van der Waals surface area contributed by atoms with Gasteiger partial charge in [-0.05, 0) is 124 Å². The van der Waals surface area contributed by atoms with Crippen LogP contribution >= 0.6 is 0 Å². The summed E-state index contributed by atoms with van der Waals surface area (Å²) in [5, 5.41) is 14.5. The minimum Gasteiger partial charge on any atom is -0.387 e. The number of carbonyl (C=O) groups is 1. The quantitative estimate of drug-likeness (QED) is 0.455. The number of rotatable bonds is 7. The first-order valence-corrected chi connectivity index (χ1v) is 14.6. The molecule has 4 saturated carbocycles. The fourth-order valence-electron chi connectivity index (χ4n) is 9.20. The third kappa shape index (κ3) is 4.75. The standard InChI is InChI=1S/C31H46FNO3/c1-4-28(20-6-9-22(32)10-7-20)33-29(34)27-13-12-26-25-11-8-21-18-31(35,19-36-5-2)17-15-23(21)24(25)14-16-30(26,27)3/h6-7,9-10,21,23-28,35H,4-5,8,11-19H2,1-3H3,(H,33,34)/t21-,23+,24-,25-,26+,27-,28+,30+,31-/m1/s1. The fourth-order valence-corrected chi connectivity index (χ4v) is 9.20. The van der Waals surface area contributed by atoms with Crippen LogP contribution in [0.2, 0.25) is 0 Å². The summed E-state index contributed by atoms with van der Waals surface area (Å²) in [6.45, 7) is 7.63. The number of hydrogen-bond acceptors (Lipinski definition) is 3. The third-order valence-electron chi connectivity index (χ3n) is 11.0. The molecule has 0 aromatic heterocycles. The second kappa shape index (κ2) is 10.4. The summed E-state index contributed by atoms with van der Waals surface area (Å²) < 4.78 is 19.1. The number of halogens is 1. The zero-order chi connectivity index (χ0) is 25.5. The average molecular weight is 500 g/mol. The maximum atomic E-state index is 13.6. The Morgan fingerprint density at radius 3 is 2.53 bits per heavy atom. The highest BCUT2D eigenvalue weighted by atomic mass is 19.1. The molecule has 4 nitrogen and oxygen atoms in total. The van der Waals surface area contributed by atoms with Gasteiger partial charge in [-0.1, -0.05) is 26.0 Å². The van der Waals surface area contributed by atoms with Crippen LogP contribution in [0.15, 0.2) is 24.3 Å². The lowest BCUT2D eigenvalue weighted by Crippen LogP contribution is -2.53. The minimum atomic E-state index is -0.635. The molecule has 36 heavy (non-hydrogen) atoms. The van der Waals surface area contributed by atoms with Gasteiger partial charge >= 0.3 is 0 Å². The summed E-state index contributed by atoms with van der Waals surface area (Å²) in [5.74, 6) is 3.48. The second-order valence-electron chi connectivity index (χ2n) is 12.7. The van der Waals surface area contributed by atoms with E-state index < -0.39 is 5.60 Å². The molecule has 2 N–H and O–H groups in total. The van der Waals surface area contributed by atoms with E-state index in [-0.39, 0.29) is 29.1 Å². The Balaban J connectivity index is 1.25. The van der Waals surface area contributed by atoms with Crippen molar-refractivity contribution < 1.29 is 19.0 Å². The SMILES string of the molecule is CCOC[C@@]1(O)CC[C@H]2[C@H](CC[C@@H]3[C@@H]2CC[C@]2(C)[C@@H](C(=O)N[C@@H](CC)c4ccc(F)cc4)CC[C@@H]32)C1. The Morgan fingerprint density at radius 2 is 1.81 bits per heavy atom. The normalized spacial score (nSPS) is 40.6. The minimum absolute atomic E-state index is 0.0646. The Labute approximate surface area is 216 Å². The molecule has 0 spiro atoms. The van der Waals surface area contributed by atoms with Crippen LogP contribution in [0.1, 0.15) is 96.6 Å². The van der Waals surface area contributed by atoms with Gasteiger partial charge in [-0.2, -0.15) is 0 Å². The van der Waals surface area contributed by atoms with E-state index in [1.807, 2.05) is 6.92 Å². The molecule has 1 aromatic carbocycles. The maximum Gasteiger partial charge on any atom is 0.224 e. The van der Waals surface area contributed by atoms with Gasteiger partial charge in [-0.15, -0.1) is 0 Å². The van der Waals surface area contributed by atoms with Gasteiger partial charge in [0.05, 0.1) is 18.2 Å². The highest BCUT2D eigenvalue weighted by Gasteiger charge is 2.59. The van der Waals surface area contributed by atoms with Crippen LogP contribution in [-0.4, -0.2) is 29.8 Å². The number of amides is 1. The van der Waals surface area contributed by atoms with Crippen molar-refractivity contribution in [2.45, 2.75) is 96.6 Å². The van der Waals surface area contributed by atoms with Crippen LogP contribution in [0.3, 0.4) is 0 Å². The van der Waals surface area contributed by atoms with Gasteiger partial charge < -0.3 is 15.2 Å². The van der Waals surface area contributed by atoms with Crippen molar-refractivity contribution in [3.63, 3.8) is 0 Å².